The lowest BCUT2D eigenvalue weighted by atomic mass is 9.96. The van der Waals surface area contributed by atoms with E-state index in [-0.39, 0.29) is 5.91 Å². The quantitative estimate of drug-likeness (QED) is 0.740. The van der Waals surface area contributed by atoms with Gasteiger partial charge in [0.2, 0.25) is 0 Å². The third-order valence-electron chi connectivity index (χ3n) is 6.13. The molecule has 5 rings (SSSR count). The first-order valence-electron chi connectivity index (χ1n) is 10.4. The standard InChI is InChI=1S/C22H26N6O/c1-27-9-7-15(8-10-27)21-26-18-6-5-17(11-19(18)28(21)2)25-22(29)16-12-23-20(24-13-16)14-3-4-14/h5-6,11-15H,3-4,7-10H2,1-2H3,(H,25,29). The third kappa shape index (κ3) is 3.62. The van der Waals surface area contributed by atoms with E-state index in [9.17, 15) is 4.79 Å². The summed E-state index contributed by atoms with van der Waals surface area (Å²) in [6.07, 6.45) is 7.81. The van der Waals surface area contributed by atoms with Gasteiger partial charge in [-0.15, -0.1) is 0 Å². The molecule has 2 aliphatic rings. The number of fused-ring (bicyclic) bond motifs is 1. The number of rotatable bonds is 4. The number of hydrogen-bond donors (Lipinski definition) is 1. The van der Waals surface area contributed by atoms with Gasteiger partial charge in [0.25, 0.3) is 5.91 Å². The summed E-state index contributed by atoms with van der Waals surface area (Å²) in [5.41, 5.74) is 3.24. The van der Waals surface area contributed by atoms with Gasteiger partial charge in [-0.05, 0) is 64.0 Å². The Balaban J connectivity index is 1.35. The van der Waals surface area contributed by atoms with Gasteiger partial charge < -0.3 is 14.8 Å². The van der Waals surface area contributed by atoms with Crippen LogP contribution >= 0.6 is 0 Å². The predicted octanol–water partition coefficient (Wildman–Crippen LogP) is 3.30. The molecule has 0 radical (unpaired) electrons. The topological polar surface area (TPSA) is 75.9 Å². The molecule has 1 aliphatic heterocycles. The molecule has 1 saturated carbocycles. The minimum absolute atomic E-state index is 0.190. The molecule has 1 saturated heterocycles. The average molecular weight is 390 g/mol. The molecule has 7 nitrogen and oxygen atoms in total. The molecule has 7 heteroatoms. The largest absolute Gasteiger partial charge is 0.331 e. The van der Waals surface area contributed by atoms with E-state index < -0.39 is 0 Å². The van der Waals surface area contributed by atoms with E-state index in [0.29, 0.717) is 17.4 Å². The van der Waals surface area contributed by atoms with Gasteiger partial charge >= 0.3 is 0 Å². The summed E-state index contributed by atoms with van der Waals surface area (Å²) in [4.78, 5) is 28.5. The van der Waals surface area contributed by atoms with Crippen LogP contribution in [0.2, 0.25) is 0 Å². The molecule has 1 aromatic carbocycles. The molecule has 2 fully saturated rings. The molecule has 29 heavy (non-hydrogen) atoms. The van der Waals surface area contributed by atoms with E-state index in [0.717, 1.165) is 67.1 Å². The fraction of sp³-hybridized carbons (Fsp3) is 0.455. The number of aryl methyl sites for hydroxylation is 1. The summed E-state index contributed by atoms with van der Waals surface area (Å²) in [7, 11) is 4.24. The highest BCUT2D eigenvalue weighted by Crippen LogP contribution is 2.37. The molecule has 0 unspecified atom stereocenters. The zero-order valence-corrected chi connectivity index (χ0v) is 16.9. The van der Waals surface area contributed by atoms with Gasteiger partial charge in [0.1, 0.15) is 11.6 Å². The third-order valence-corrected chi connectivity index (χ3v) is 6.13. The molecule has 3 aromatic rings. The number of nitrogens with zero attached hydrogens (tertiary/aromatic N) is 5. The van der Waals surface area contributed by atoms with Crippen LogP contribution in [0.25, 0.3) is 11.0 Å². The van der Waals surface area contributed by atoms with Crippen LogP contribution in [0.5, 0.6) is 0 Å². The number of benzene rings is 1. The summed E-state index contributed by atoms with van der Waals surface area (Å²) < 4.78 is 2.18. The first-order valence-corrected chi connectivity index (χ1v) is 10.4. The number of carbonyl (C=O) groups is 1. The number of carbonyl (C=O) groups excluding carboxylic acids is 1. The van der Waals surface area contributed by atoms with Gasteiger partial charge in [0.05, 0.1) is 16.6 Å². The number of anilines is 1. The first-order chi connectivity index (χ1) is 14.1. The van der Waals surface area contributed by atoms with Crippen molar-refractivity contribution < 1.29 is 4.79 Å². The van der Waals surface area contributed by atoms with Crippen LogP contribution in [0.1, 0.15) is 59.5 Å². The van der Waals surface area contributed by atoms with Crippen LogP contribution in [0.15, 0.2) is 30.6 Å². The van der Waals surface area contributed by atoms with Gasteiger partial charge in [0.15, 0.2) is 0 Å². The molecule has 2 aromatic heterocycles. The Hall–Kier alpha value is -2.80. The molecule has 0 spiro atoms. The maximum Gasteiger partial charge on any atom is 0.258 e. The van der Waals surface area contributed by atoms with Gasteiger partial charge in [-0.25, -0.2) is 15.0 Å². The van der Waals surface area contributed by atoms with E-state index in [1.54, 1.807) is 12.4 Å². The van der Waals surface area contributed by atoms with Gasteiger partial charge in [-0.3, -0.25) is 4.79 Å². The molecular formula is C22H26N6O. The smallest absolute Gasteiger partial charge is 0.258 e. The lowest BCUT2D eigenvalue weighted by Gasteiger charge is -2.28. The lowest BCUT2D eigenvalue weighted by Crippen LogP contribution is -2.30. The van der Waals surface area contributed by atoms with Gasteiger partial charge in [0, 0.05) is 37.0 Å². The number of imidazole rings is 1. The molecule has 3 heterocycles. The van der Waals surface area contributed by atoms with Crippen molar-refractivity contribution >= 4 is 22.6 Å². The molecule has 1 amide bonds. The zero-order valence-electron chi connectivity index (χ0n) is 16.9. The minimum atomic E-state index is -0.190. The monoisotopic (exact) mass is 390 g/mol. The van der Waals surface area contributed by atoms with Crippen molar-refractivity contribution in [3.63, 3.8) is 0 Å². The number of likely N-dealkylation sites (tertiary alicyclic amines) is 1. The van der Waals surface area contributed by atoms with Crippen molar-refractivity contribution in [1.82, 2.24) is 24.4 Å². The normalized spacial score (nSPS) is 18.3. The summed E-state index contributed by atoms with van der Waals surface area (Å²) in [6, 6.07) is 5.89. The average Bonchev–Trinajstić information content (AvgIpc) is 3.54. The van der Waals surface area contributed by atoms with Crippen LogP contribution < -0.4 is 5.32 Å². The molecular weight excluding hydrogens is 364 g/mol. The Bertz CT molecular complexity index is 1050. The van der Waals surface area contributed by atoms with Crippen LogP contribution in [-0.2, 0) is 7.05 Å². The van der Waals surface area contributed by atoms with Crippen molar-refractivity contribution in [2.24, 2.45) is 7.05 Å². The number of hydrogen-bond acceptors (Lipinski definition) is 5. The fourth-order valence-electron chi connectivity index (χ4n) is 4.13. The van der Waals surface area contributed by atoms with Gasteiger partial charge in [-0.2, -0.15) is 0 Å². The summed E-state index contributed by atoms with van der Waals surface area (Å²) >= 11 is 0. The molecule has 150 valence electrons. The van der Waals surface area contributed by atoms with Crippen LogP contribution in [0.3, 0.4) is 0 Å². The first kappa shape index (κ1) is 18.2. The highest BCUT2D eigenvalue weighted by Gasteiger charge is 2.26. The van der Waals surface area contributed by atoms with Crippen molar-refractivity contribution in [1.29, 1.82) is 0 Å². The van der Waals surface area contributed by atoms with E-state index >= 15 is 0 Å². The van der Waals surface area contributed by atoms with E-state index in [2.05, 4.69) is 38.8 Å². The second-order valence-electron chi connectivity index (χ2n) is 8.37. The Morgan fingerprint density at radius 1 is 1.03 bits per heavy atom. The molecule has 1 aliphatic carbocycles. The van der Waals surface area contributed by atoms with Crippen molar-refractivity contribution in [3.05, 3.63) is 47.8 Å². The maximum absolute atomic E-state index is 12.6. The van der Waals surface area contributed by atoms with E-state index in [1.165, 1.54) is 0 Å². The maximum atomic E-state index is 12.6. The van der Waals surface area contributed by atoms with Gasteiger partial charge in [-0.1, -0.05) is 0 Å². The highest BCUT2D eigenvalue weighted by molar-refractivity contribution is 6.04. The van der Waals surface area contributed by atoms with Crippen molar-refractivity contribution in [2.75, 3.05) is 25.5 Å². The summed E-state index contributed by atoms with van der Waals surface area (Å²) in [6.45, 7) is 2.22. The number of piperidine rings is 1. The second-order valence-corrected chi connectivity index (χ2v) is 8.37. The van der Waals surface area contributed by atoms with Crippen LogP contribution in [0, 0.1) is 0 Å². The lowest BCUT2D eigenvalue weighted by molar-refractivity contribution is 0.102. The number of amides is 1. The second kappa shape index (κ2) is 7.22. The van der Waals surface area contributed by atoms with E-state index in [1.807, 2.05) is 18.2 Å². The Labute approximate surface area is 170 Å². The number of nitrogens with one attached hydrogen (secondary N) is 1. The van der Waals surface area contributed by atoms with Crippen molar-refractivity contribution in [3.8, 4) is 0 Å². The Kier molecular flexibility index (Phi) is 4.54. The molecule has 0 bridgehead atoms. The SMILES string of the molecule is CN1CCC(c2nc3ccc(NC(=O)c4cnc(C5CC5)nc4)cc3n2C)CC1. The fourth-order valence-corrected chi connectivity index (χ4v) is 4.13. The molecule has 0 atom stereocenters. The van der Waals surface area contributed by atoms with E-state index in [4.69, 9.17) is 4.98 Å². The predicted molar refractivity (Wildman–Crippen MR) is 112 cm³/mol. The Morgan fingerprint density at radius 3 is 2.45 bits per heavy atom. The van der Waals surface area contributed by atoms with Crippen molar-refractivity contribution in [2.45, 2.75) is 37.5 Å². The number of aromatic nitrogens is 4. The van der Waals surface area contributed by atoms with Crippen LogP contribution in [-0.4, -0.2) is 50.5 Å². The Morgan fingerprint density at radius 2 is 1.76 bits per heavy atom. The highest BCUT2D eigenvalue weighted by atomic mass is 16.1. The zero-order chi connectivity index (χ0) is 20.0. The minimum Gasteiger partial charge on any atom is -0.331 e. The summed E-state index contributed by atoms with van der Waals surface area (Å²) in [5.74, 6) is 2.77. The molecule has 1 N–H and O–H groups in total. The van der Waals surface area contributed by atoms with Crippen LogP contribution in [0.4, 0.5) is 5.69 Å². The summed E-state index contributed by atoms with van der Waals surface area (Å²) in [5, 5.41) is 2.97.